The summed E-state index contributed by atoms with van der Waals surface area (Å²) in [5.74, 6) is 2.67. The van der Waals surface area contributed by atoms with Crippen molar-refractivity contribution >= 4 is 11.1 Å². The van der Waals surface area contributed by atoms with Gasteiger partial charge in [0.15, 0.2) is 0 Å². The Bertz CT molecular complexity index is 2140. The van der Waals surface area contributed by atoms with Crippen LogP contribution in [0.25, 0.3) is 44.7 Å². The van der Waals surface area contributed by atoms with Gasteiger partial charge in [-0.3, -0.25) is 0 Å². The van der Waals surface area contributed by atoms with Gasteiger partial charge in [-0.1, -0.05) is 164 Å². The molecule has 0 N–H and O–H groups in total. The van der Waals surface area contributed by atoms with E-state index in [1.165, 1.54) is 27.8 Å². The maximum Gasteiger partial charge on any atom is 0.0715 e. The standard InChI is InChI=1S/C48H41N/c1-3-14-33(15-4-2)47-31-40(32-48(49-47)34-16-6-5-7-17-34)38-21-13-19-36(29-38)35-18-12-20-37(28-35)39-26-27-45-43-24-9-8-22-41(43)42-23-10-11-25-44(42)46(45)30-39/h3-29,31-32,41-44,46H,1,30H2,2H3. The predicted molar refractivity (Wildman–Crippen MR) is 208 cm³/mol. The first-order valence-corrected chi connectivity index (χ1v) is 17.6. The van der Waals surface area contributed by atoms with Gasteiger partial charge in [-0.25, -0.2) is 4.98 Å². The van der Waals surface area contributed by atoms with E-state index in [1.807, 2.05) is 25.1 Å². The molecule has 4 aliphatic carbocycles. The molecule has 0 spiro atoms. The number of allylic oxidation sites excluding steroid dienone is 17. The topological polar surface area (TPSA) is 12.9 Å². The molecule has 238 valence electrons. The van der Waals surface area contributed by atoms with E-state index < -0.39 is 0 Å². The van der Waals surface area contributed by atoms with Gasteiger partial charge >= 0.3 is 0 Å². The van der Waals surface area contributed by atoms with E-state index >= 15 is 0 Å². The molecule has 4 aromatic rings. The second-order valence-corrected chi connectivity index (χ2v) is 13.5. The Labute approximate surface area is 291 Å². The number of hydrogen-bond acceptors (Lipinski definition) is 1. The van der Waals surface area contributed by atoms with Crippen LogP contribution in [0.5, 0.6) is 0 Å². The lowest BCUT2D eigenvalue weighted by Gasteiger charge is -2.48. The summed E-state index contributed by atoms with van der Waals surface area (Å²) in [6.45, 7) is 5.99. The van der Waals surface area contributed by atoms with Gasteiger partial charge in [-0.05, 0) is 100 Å². The second-order valence-electron chi connectivity index (χ2n) is 13.5. The van der Waals surface area contributed by atoms with Crippen LogP contribution in [0.4, 0.5) is 0 Å². The molecule has 5 atom stereocenters. The van der Waals surface area contributed by atoms with Crippen molar-refractivity contribution in [2.24, 2.45) is 29.6 Å². The first-order valence-electron chi connectivity index (χ1n) is 17.6. The molecule has 3 aromatic carbocycles. The van der Waals surface area contributed by atoms with Gasteiger partial charge in [0.2, 0.25) is 0 Å². The fourth-order valence-electron chi connectivity index (χ4n) is 8.34. The summed E-state index contributed by atoms with van der Waals surface area (Å²) in [5.41, 5.74) is 13.1. The Hall–Kier alpha value is -5.53. The average molecular weight is 632 g/mol. The van der Waals surface area contributed by atoms with Gasteiger partial charge < -0.3 is 0 Å². The highest BCUT2D eigenvalue weighted by molar-refractivity contribution is 5.82. The van der Waals surface area contributed by atoms with Crippen molar-refractivity contribution < 1.29 is 0 Å². The summed E-state index contributed by atoms with van der Waals surface area (Å²) in [4.78, 5) is 5.09. The Morgan fingerprint density at radius 2 is 1.31 bits per heavy atom. The number of hydrogen-bond donors (Lipinski definition) is 0. The Kier molecular flexibility index (Phi) is 8.50. The Balaban J connectivity index is 1.14. The molecule has 0 bridgehead atoms. The molecule has 0 amide bonds. The maximum absolute atomic E-state index is 5.09. The van der Waals surface area contributed by atoms with Crippen LogP contribution >= 0.6 is 0 Å². The molecule has 49 heavy (non-hydrogen) atoms. The molecule has 8 rings (SSSR count). The molecular formula is C48H41N. The van der Waals surface area contributed by atoms with E-state index in [2.05, 4.69) is 164 Å². The van der Waals surface area contributed by atoms with Crippen LogP contribution in [0.2, 0.25) is 0 Å². The highest BCUT2D eigenvalue weighted by Crippen LogP contribution is 2.54. The SMILES string of the molecule is C=CC=C(C=CC)c1cc(-c2cccc(-c3cccc(C4=CC=C5C6C=CC=CC6C6C=CC=CC6C5C4)c3)c2)cc(-c2ccccc2)n1. The maximum atomic E-state index is 5.09. The van der Waals surface area contributed by atoms with Crippen molar-refractivity contribution in [3.8, 4) is 33.5 Å². The molecule has 1 nitrogen and oxygen atoms in total. The molecule has 1 heterocycles. The number of nitrogens with zero attached hydrogens (tertiary/aromatic N) is 1. The van der Waals surface area contributed by atoms with Crippen LogP contribution in [0, 0.1) is 29.6 Å². The van der Waals surface area contributed by atoms with Crippen LogP contribution in [0.15, 0.2) is 188 Å². The van der Waals surface area contributed by atoms with E-state index in [0.29, 0.717) is 29.6 Å². The van der Waals surface area contributed by atoms with Gasteiger partial charge in [0.05, 0.1) is 11.4 Å². The van der Waals surface area contributed by atoms with Crippen LogP contribution < -0.4 is 0 Å². The van der Waals surface area contributed by atoms with Crippen molar-refractivity contribution in [2.45, 2.75) is 13.3 Å². The van der Waals surface area contributed by atoms with Crippen molar-refractivity contribution in [3.05, 3.63) is 199 Å². The lowest BCUT2D eigenvalue weighted by atomic mass is 9.55. The van der Waals surface area contributed by atoms with Crippen LogP contribution in [0.3, 0.4) is 0 Å². The zero-order chi connectivity index (χ0) is 33.2. The highest BCUT2D eigenvalue weighted by Gasteiger charge is 2.45. The third-order valence-electron chi connectivity index (χ3n) is 10.6. The largest absolute Gasteiger partial charge is 0.248 e. The number of pyridine rings is 1. The van der Waals surface area contributed by atoms with Crippen molar-refractivity contribution in [3.63, 3.8) is 0 Å². The lowest BCUT2D eigenvalue weighted by molar-refractivity contribution is 0.207. The smallest absolute Gasteiger partial charge is 0.0715 e. The first-order chi connectivity index (χ1) is 24.2. The molecule has 5 unspecified atom stereocenters. The normalized spacial score (nSPS) is 23.8. The van der Waals surface area contributed by atoms with E-state index in [4.69, 9.17) is 4.98 Å². The minimum atomic E-state index is 0.497. The van der Waals surface area contributed by atoms with Gasteiger partial charge in [0, 0.05) is 11.5 Å². The van der Waals surface area contributed by atoms with Crippen LogP contribution in [-0.2, 0) is 0 Å². The average Bonchev–Trinajstić information content (AvgIpc) is 3.18. The molecule has 0 saturated heterocycles. The van der Waals surface area contributed by atoms with E-state index in [0.717, 1.165) is 34.5 Å². The zero-order valence-corrected chi connectivity index (χ0v) is 28.0. The fraction of sp³-hybridized carbons (Fsp3) is 0.146. The van der Waals surface area contributed by atoms with Gasteiger partial charge in [-0.15, -0.1) is 0 Å². The molecule has 1 fully saturated rings. The Morgan fingerprint density at radius 1 is 0.653 bits per heavy atom. The van der Waals surface area contributed by atoms with Crippen molar-refractivity contribution in [1.82, 2.24) is 4.98 Å². The molecule has 0 radical (unpaired) electrons. The van der Waals surface area contributed by atoms with Gasteiger partial charge in [0.25, 0.3) is 0 Å². The number of fused-ring (bicyclic) bond motifs is 6. The molecule has 4 aliphatic rings. The Morgan fingerprint density at radius 3 is 2.06 bits per heavy atom. The second kappa shape index (κ2) is 13.5. The van der Waals surface area contributed by atoms with Gasteiger partial charge in [0.1, 0.15) is 0 Å². The number of rotatable bonds is 7. The zero-order valence-electron chi connectivity index (χ0n) is 28.0. The predicted octanol–water partition coefficient (Wildman–Crippen LogP) is 12.3. The van der Waals surface area contributed by atoms with E-state index in [-0.39, 0.29) is 0 Å². The van der Waals surface area contributed by atoms with E-state index in [9.17, 15) is 0 Å². The quantitative estimate of drug-likeness (QED) is 0.185. The first kappa shape index (κ1) is 30.8. The molecular weight excluding hydrogens is 591 g/mol. The summed E-state index contributed by atoms with van der Waals surface area (Å²) in [6.07, 6.45) is 32.7. The minimum absolute atomic E-state index is 0.497. The van der Waals surface area contributed by atoms with Crippen molar-refractivity contribution in [2.75, 3.05) is 0 Å². The third kappa shape index (κ3) is 6.02. The minimum Gasteiger partial charge on any atom is -0.248 e. The van der Waals surface area contributed by atoms with Crippen LogP contribution in [-0.4, -0.2) is 4.98 Å². The summed E-state index contributed by atoms with van der Waals surface area (Å²) in [7, 11) is 0. The number of aromatic nitrogens is 1. The summed E-state index contributed by atoms with van der Waals surface area (Å²) >= 11 is 0. The van der Waals surface area contributed by atoms with Gasteiger partial charge in [-0.2, -0.15) is 0 Å². The molecule has 1 heteroatoms. The van der Waals surface area contributed by atoms with Crippen molar-refractivity contribution in [1.29, 1.82) is 0 Å². The summed E-state index contributed by atoms with van der Waals surface area (Å²) in [6, 6.07) is 32.9. The monoisotopic (exact) mass is 631 g/mol. The van der Waals surface area contributed by atoms with E-state index in [1.54, 1.807) is 5.57 Å². The van der Waals surface area contributed by atoms with Crippen LogP contribution in [0.1, 0.15) is 24.6 Å². The fourth-order valence-corrected chi connectivity index (χ4v) is 8.34. The molecule has 0 aliphatic heterocycles. The molecule has 1 saturated carbocycles. The summed E-state index contributed by atoms with van der Waals surface area (Å²) in [5, 5.41) is 0. The highest BCUT2D eigenvalue weighted by atomic mass is 14.7. The lowest BCUT2D eigenvalue weighted by Crippen LogP contribution is -2.41. The molecule has 1 aromatic heterocycles. The number of benzene rings is 3. The third-order valence-corrected chi connectivity index (χ3v) is 10.6. The summed E-state index contributed by atoms with van der Waals surface area (Å²) < 4.78 is 0.